The number of rotatable bonds is 4. The Morgan fingerprint density at radius 3 is 3.00 bits per heavy atom. The molecule has 4 nitrogen and oxygen atoms in total. The maximum Gasteiger partial charge on any atom is 0.261 e. The van der Waals surface area contributed by atoms with Gasteiger partial charge in [-0.3, -0.25) is 9.69 Å². The second-order valence-electron chi connectivity index (χ2n) is 7.79. The molecule has 2 atom stereocenters. The lowest BCUT2D eigenvalue weighted by atomic mass is 9.93. The van der Waals surface area contributed by atoms with Crippen LogP contribution in [0.15, 0.2) is 18.2 Å². The fraction of sp³-hybridized carbons (Fsp3) is 0.632. The Balaban J connectivity index is 1.54. The Hall–Kier alpha value is -1.26. The van der Waals surface area contributed by atoms with Crippen LogP contribution in [0, 0.1) is 5.92 Å². The van der Waals surface area contributed by atoms with Gasteiger partial charge in [-0.15, -0.1) is 0 Å². The third kappa shape index (κ3) is 3.86. The van der Waals surface area contributed by atoms with Crippen molar-refractivity contribution in [3.05, 3.63) is 28.8 Å². The van der Waals surface area contributed by atoms with E-state index in [2.05, 4.69) is 31.0 Å². The predicted molar refractivity (Wildman–Crippen MR) is 96.6 cm³/mol. The lowest BCUT2D eigenvalue weighted by molar-refractivity contribution is -0.127. The lowest BCUT2D eigenvalue weighted by Crippen LogP contribution is -2.55. The van der Waals surface area contributed by atoms with E-state index in [-0.39, 0.29) is 11.4 Å². The van der Waals surface area contributed by atoms with E-state index in [9.17, 15) is 4.79 Å². The smallest absolute Gasteiger partial charge is 0.261 e. The molecule has 1 fully saturated rings. The monoisotopic (exact) mass is 350 g/mol. The maximum absolute atomic E-state index is 12.5. The molecular weight excluding hydrogens is 324 g/mol. The van der Waals surface area contributed by atoms with Gasteiger partial charge in [0.15, 0.2) is 6.10 Å². The van der Waals surface area contributed by atoms with Gasteiger partial charge >= 0.3 is 0 Å². The molecule has 1 aromatic carbocycles. The molecule has 1 amide bonds. The van der Waals surface area contributed by atoms with Gasteiger partial charge < -0.3 is 10.1 Å². The third-order valence-corrected chi connectivity index (χ3v) is 5.43. The van der Waals surface area contributed by atoms with E-state index in [1.807, 2.05) is 12.1 Å². The van der Waals surface area contributed by atoms with Gasteiger partial charge in [-0.25, -0.2) is 0 Å². The van der Waals surface area contributed by atoms with Crippen LogP contribution < -0.4 is 10.1 Å². The molecule has 2 aliphatic rings. The maximum atomic E-state index is 12.5. The van der Waals surface area contributed by atoms with Crippen LogP contribution in [0.5, 0.6) is 5.75 Å². The van der Waals surface area contributed by atoms with Crippen molar-refractivity contribution in [2.45, 2.75) is 51.7 Å². The number of piperidine rings is 1. The fourth-order valence-corrected chi connectivity index (χ4v) is 3.83. The topological polar surface area (TPSA) is 41.6 Å². The van der Waals surface area contributed by atoms with Gasteiger partial charge in [0, 0.05) is 30.1 Å². The van der Waals surface area contributed by atoms with E-state index in [0.29, 0.717) is 18.0 Å². The normalized spacial score (nSPS) is 24.3. The van der Waals surface area contributed by atoms with E-state index in [1.54, 1.807) is 6.07 Å². The van der Waals surface area contributed by atoms with Crippen LogP contribution in [0.25, 0.3) is 0 Å². The average molecular weight is 351 g/mol. The van der Waals surface area contributed by atoms with Gasteiger partial charge in [-0.1, -0.05) is 18.5 Å². The third-order valence-electron chi connectivity index (χ3n) is 5.20. The van der Waals surface area contributed by atoms with Crippen molar-refractivity contribution in [1.82, 2.24) is 10.2 Å². The Kier molecular flexibility index (Phi) is 5.07. The number of ether oxygens (including phenoxy) is 1. The molecule has 132 valence electrons. The second-order valence-corrected chi connectivity index (χ2v) is 8.22. The van der Waals surface area contributed by atoms with Crippen molar-refractivity contribution in [2.24, 2.45) is 5.92 Å². The highest BCUT2D eigenvalue weighted by Crippen LogP contribution is 2.31. The molecule has 3 rings (SSSR count). The largest absolute Gasteiger partial charge is 0.480 e. The summed E-state index contributed by atoms with van der Waals surface area (Å²) in [5, 5.41) is 3.77. The van der Waals surface area contributed by atoms with Gasteiger partial charge in [0.2, 0.25) is 0 Å². The van der Waals surface area contributed by atoms with E-state index in [4.69, 9.17) is 16.3 Å². The molecule has 2 aliphatic heterocycles. The lowest BCUT2D eigenvalue weighted by Gasteiger charge is -2.43. The van der Waals surface area contributed by atoms with Gasteiger partial charge in [0.05, 0.1) is 0 Å². The molecule has 0 aromatic heterocycles. The zero-order valence-electron chi connectivity index (χ0n) is 14.8. The molecule has 1 saturated heterocycles. The summed E-state index contributed by atoms with van der Waals surface area (Å²) in [6, 6.07) is 5.51. The SMILES string of the molecule is CC1CCCN(C(C)(C)CNC(=O)C2Cc3cc(Cl)ccc3O2)C1. The Labute approximate surface area is 149 Å². The summed E-state index contributed by atoms with van der Waals surface area (Å²) < 4.78 is 5.77. The number of benzene rings is 1. The first-order valence-electron chi connectivity index (χ1n) is 8.83. The van der Waals surface area contributed by atoms with Crippen molar-refractivity contribution in [3.63, 3.8) is 0 Å². The number of hydrogen-bond acceptors (Lipinski definition) is 3. The van der Waals surface area contributed by atoms with Crippen LogP contribution in [0.3, 0.4) is 0 Å². The number of carbonyl (C=O) groups is 1. The molecule has 5 heteroatoms. The van der Waals surface area contributed by atoms with Gasteiger partial charge in [0.1, 0.15) is 5.75 Å². The summed E-state index contributed by atoms with van der Waals surface area (Å²) in [7, 11) is 0. The van der Waals surface area contributed by atoms with Crippen LogP contribution in [0.2, 0.25) is 5.02 Å². The molecule has 1 N–H and O–H groups in total. The molecule has 1 aromatic rings. The van der Waals surface area contributed by atoms with E-state index in [1.165, 1.54) is 12.8 Å². The van der Waals surface area contributed by atoms with Crippen molar-refractivity contribution >= 4 is 17.5 Å². The van der Waals surface area contributed by atoms with Gasteiger partial charge in [-0.05, 0) is 62.9 Å². The highest BCUT2D eigenvalue weighted by molar-refractivity contribution is 6.30. The minimum atomic E-state index is -0.449. The molecule has 2 unspecified atom stereocenters. The summed E-state index contributed by atoms with van der Waals surface area (Å²) >= 11 is 6.01. The highest BCUT2D eigenvalue weighted by Gasteiger charge is 2.33. The molecule has 24 heavy (non-hydrogen) atoms. The molecule has 0 bridgehead atoms. The summed E-state index contributed by atoms with van der Waals surface area (Å²) in [6.45, 7) is 9.56. The summed E-state index contributed by atoms with van der Waals surface area (Å²) in [6.07, 6.45) is 2.67. The summed E-state index contributed by atoms with van der Waals surface area (Å²) in [5.74, 6) is 1.45. The summed E-state index contributed by atoms with van der Waals surface area (Å²) in [4.78, 5) is 15.0. The second kappa shape index (κ2) is 6.93. The zero-order valence-corrected chi connectivity index (χ0v) is 15.5. The zero-order chi connectivity index (χ0) is 17.3. The number of likely N-dealkylation sites (tertiary alicyclic amines) is 1. The first-order chi connectivity index (χ1) is 11.3. The standard InChI is InChI=1S/C19H27ClN2O2/c1-13-5-4-8-22(11-13)19(2,3)12-21-18(23)17-10-14-9-15(20)6-7-16(14)24-17/h6-7,9,13,17H,4-5,8,10-12H2,1-3H3,(H,21,23). The Morgan fingerprint density at radius 1 is 1.46 bits per heavy atom. The number of nitrogens with zero attached hydrogens (tertiary/aromatic N) is 1. The van der Waals surface area contributed by atoms with Crippen molar-refractivity contribution < 1.29 is 9.53 Å². The number of fused-ring (bicyclic) bond motifs is 1. The minimum absolute atomic E-state index is 0.0412. The first-order valence-corrected chi connectivity index (χ1v) is 9.21. The number of halogens is 1. The Morgan fingerprint density at radius 2 is 2.25 bits per heavy atom. The molecule has 0 radical (unpaired) electrons. The average Bonchev–Trinajstić information content (AvgIpc) is 2.96. The molecule has 0 saturated carbocycles. The van der Waals surface area contributed by atoms with Crippen molar-refractivity contribution in [1.29, 1.82) is 0 Å². The van der Waals surface area contributed by atoms with Crippen LogP contribution in [-0.4, -0.2) is 42.1 Å². The van der Waals surface area contributed by atoms with Crippen molar-refractivity contribution in [2.75, 3.05) is 19.6 Å². The number of hydrogen-bond donors (Lipinski definition) is 1. The van der Waals surface area contributed by atoms with Crippen LogP contribution >= 0.6 is 11.6 Å². The molecular formula is C19H27ClN2O2. The first kappa shape index (κ1) is 17.6. The predicted octanol–water partition coefficient (Wildman–Crippen LogP) is 3.27. The molecule has 2 heterocycles. The Bertz CT molecular complexity index is 617. The highest BCUT2D eigenvalue weighted by atomic mass is 35.5. The van der Waals surface area contributed by atoms with Crippen LogP contribution in [0.4, 0.5) is 0 Å². The van der Waals surface area contributed by atoms with E-state index >= 15 is 0 Å². The number of amides is 1. The number of carbonyl (C=O) groups excluding carboxylic acids is 1. The summed E-state index contributed by atoms with van der Waals surface area (Å²) in [5.41, 5.74) is 0.964. The van der Waals surface area contributed by atoms with E-state index < -0.39 is 6.10 Å². The fourth-order valence-electron chi connectivity index (χ4n) is 3.63. The molecule has 0 aliphatic carbocycles. The molecule has 0 spiro atoms. The number of nitrogens with one attached hydrogen (secondary N) is 1. The quantitative estimate of drug-likeness (QED) is 0.906. The van der Waals surface area contributed by atoms with Gasteiger partial charge in [-0.2, -0.15) is 0 Å². The van der Waals surface area contributed by atoms with Crippen LogP contribution in [0.1, 0.15) is 39.2 Å². The van der Waals surface area contributed by atoms with Gasteiger partial charge in [0.25, 0.3) is 5.91 Å². The van der Waals surface area contributed by atoms with Crippen LogP contribution in [-0.2, 0) is 11.2 Å². The van der Waals surface area contributed by atoms with Crippen molar-refractivity contribution in [3.8, 4) is 5.75 Å². The minimum Gasteiger partial charge on any atom is -0.480 e. The van der Waals surface area contributed by atoms with E-state index in [0.717, 1.165) is 30.3 Å².